The van der Waals surface area contributed by atoms with E-state index in [0.717, 1.165) is 0 Å². The summed E-state index contributed by atoms with van der Waals surface area (Å²) in [6.07, 6.45) is -2.90. The van der Waals surface area contributed by atoms with Gasteiger partial charge in [-0.05, 0) is 7.05 Å². The lowest BCUT2D eigenvalue weighted by molar-refractivity contribution is -0.0932. The zero-order valence-corrected chi connectivity index (χ0v) is 5.57. The van der Waals surface area contributed by atoms with Gasteiger partial charge in [0, 0.05) is 18.7 Å². The predicted molar refractivity (Wildman–Crippen MR) is 31.6 cm³/mol. The van der Waals surface area contributed by atoms with E-state index in [0.29, 0.717) is 6.54 Å². The lowest BCUT2D eigenvalue weighted by atomic mass is 10.3. The minimum atomic E-state index is -4.12. The van der Waals surface area contributed by atoms with Gasteiger partial charge >= 0.3 is 6.18 Å². The molecule has 0 aromatic rings. The molecule has 1 nitrogen and oxygen atoms in total. The fraction of sp³-hybridized carbons (Fsp3) is 0.667. The van der Waals surface area contributed by atoms with Gasteiger partial charge in [-0.15, -0.1) is 0 Å². The summed E-state index contributed by atoms with van der Waals surface area (Å²) in [4.78, 5) is 1.61. The Hall–Kier alpha value is -0.510. The maximum Gasteiger partial charge on any atom is 0.413 e. The van der Waals surface area contributed by atoms with Crippen LogP contribution >= 0.6 is 0 Å². The quantitative estimate of drug-likeness (QED) is 0.473. The molecule has 58 valence electrons. The van der Waals surface area contributed by atoms with E-state index in [9.17, 15) is 13.2 Å². The molecule has 10 heavy (non-hydrogen) atoms. The first-order valence-electron chi connectivity index (χ1n) is 2.95. The smallest absolute Gasteiger partial charge is 0.298 e. The van der Waals surface area contributed by atoms with Gasteiger partial charge in [-0.1, -0.05) is 6.08 Å². The third-order valence-electron chi connectivity index (χ3n) is 1.45. The van der Waals surface area contributed by atoms with Gasteiger partial charge in [-0.2, -0.15) is 13.2 Å². The van der Waals surface area contributed by atoms with Crippen LogP contribution in [-0.4, -0.2) is 31.2 Å². The molecule has 0 N–H and O–H groups in total. The third-order valence-corrected chi connectivity index (χ3v) is 1.45. The SMILES string of the molecule is CN1CC=C(C(F)(F)F)C1. The van der Waals surface area contributed by atoms with Crippen LogP contribution in [0.5, 0.6) is 0 Å². The fourth-order valence-electron chi connectivity index (χ4n) is 0.891. The van der Waals surface area contributed by atoms with Crippen LogP contribution in [0.3, 0.4) is 0 Å². The summed E-state index contributed by atoms with van der Waals surface area (Å²) in [6.45, 7) is 0.443. The largest absolute Gasteiger partial charge is 0.413 e. The first kappa shape index (κ1) is 7.60. The highest BCUT2D eigenvalue weighted by atomic mass is 19.4. The fourth-order valence-corrected chi connectivity index (χ4v) is 0.891. The molecule has 1 aliphatic rings. The van der Waals surface area contributed by atoms with Crippen molar-refractivity contribution < 1.29 is 13.2 Å². The van der Waals surface area contributed by atoms with Gasteiger partial charge in [-0.3, -0.25) is 4.90 Å². The van der Waals surface area contributed by atoms with Gasteiger partial charge in [0.1, 0.15) is 0 Å². The Morgan fingerprint density at radius 3 is 2.30 bits per heavy atom. The average Bonchev–Trinajstić information content (AvgIpc) is 2.11. The summed E-state index contributed by atoms with van der Waals surface area (Å²) in [6, 6.07) is 0. The van der Waals surface area contributed by atoms with E-state index in [4.69, 9.17) is 0 Å². The molecule has 0 unspecified atom stereocenters. The number of hydrogen-bond acceptors (Lipinski definition) is 1. The minimum absolute atomic E-state index is 0.0312. The summed E-state index contributed by atoms with van der Waals surface area (Å²) < 4.78 is 35.5. The molecule has 0 spiro atoms. The molecule has 0 radical (unpaired) electrons. The van der Waals surface area contributed by atoms with Crippen LogP contribution in [0.25, 0.3) is 0 Å². The predicted octanol–water partition coefficient (Wildman–Crippen LogP) is 1.42. The van der Waals surface area contributed by atoms with E-state index in [-0.39, 0.29) is 6.54 Å². The highest BCUT2D eigenvalue weighted by Crippen LogP contribution is 2.28. The maximum atomic E-state index is 11.8. The van der Waals surface area contributed by atoms with E-state index in [2.05, 4.69) is 0 Å². The van der Waals surface area contributed by atoms with Crippen molar-refractivity contribution in [1.29, 1.82) is 0 Å². The zero-order chi connectivity index (χ0) is 7.78. The molecule has 1 aliphatic heterocycles. The van der Waals surface area contributed by atoms with E-state index < -0.39 is 11.7 Å². The Morgan fingerprint density at radius 2 is 2.10 bits per heavy atom. The molecule has 0 amide bonds. The first-order chi connectivity index (χ1) is 4.50. The second-order valence-corrected chi connectivity index (χ2v) is 2.42. The van der Waals surface area contributed by atoms with E-state index in [1.165, 1.54) is 6.08 Å². The van der Waals surface area contributed by atoms with Gasteiger partial charge in [0.05, 0.1) is 0 Å². The maximum absolute atomic E-state index is 11.8. The molecule has 0 aromatic carbocycles. The normalized spacial score (nSPS) is 21.4. The van der Waals surface area contributed by atoms with Crippen LogP contribution in [0, 0.1) is 0 Å². The molecular weight excluding hydrogens is 143 g/mol. The summed E-state index contributed by atoms with van der Waals surface area (Å²) >= 11 is 0. The summed E-state index contributed by atoms with van der Waals surface area (Å²) in [5.74, 6) is 0. The van der Waals surface area contributed by atoms with Crippen molar-refractivity contribution in [2.24, 2.45) is 0 Å². The van der Waals surface area contributed by atoms with Gasteiger partial charge < -0.3 is 0 Å². The number of nitrogens with zero attached hydrogens (tertiary/aromatic N) is 1. The molecule has 0 saturated carbocycles. The number of likely N-dealkylation sites (N-methyl/N-ethyl adjacent to an activating group) is 1. The molecule has 1 rings (SSSR count). The molecular formula is C6H8F3N. The van der Waals surface area contributed by atoms with Crippen LogP contribution in [0.15, 0.2) is 11.6 Å². The van der Waals surface area contributed by atoms with Crippen LogP contribution in [0.4, 0.5) is 13.2 Å². The van der Waals surface area contributed by atoms with Crippen molar-refractivity contribution in [1.82, 2.24) is 4.90 Å². The number of alkyl halides is 3. The van der Waals surface area contributed by atoms with Gasteiger partial charge in [0.2, 0.25) is 0 Å². The zero-order valence-electron chi connectivity index (χ0n) is 5.57. The van der Waals surface area contributed by atoms with Crippen molar-refractivity contribution >= 4 is 0 Å². The Balaban J connectivity index is 2.60. The molecule has 0 aliphatic carbocycles. The Morgan fingerprint density at radius 1 is 1.50 bits per heavy atom. The summed E-state index contributed by atoms with van der Waals surface area (Å²) in [7, 11) is 1.66. The average molecular weight is 151 g/mol. The first-order valence-corrected chi connectivity index (χ1v) is 2.95. The topological polar surface area (TPSA) is 3.24 Å². The van der Waals surface area contributed by atoms with Crippen LogP contribution in [0.2, 0.25) is 0 Å². The number of hydrogen-bond donors (Lipinski definition) is 0. The van der Waals surface area contributed by atoms with E-state index >= 15 is 0 Å². The Kier molecular flexibility index (Phi) is 1.72. The lowest BCUT2D eigenvalue weighted by Crippen LogP contribution is -2.20. The van der Waals surface area contributed by atoms with Gasteiger partial charge in [-0.25, -0.2) is 0 Å². The van der Waals surface area contributed by atoms with Crippen LogP contribution < -0.4 is 0 Å². The second-order valence-electron chi connectivity index (χ2n) is 2.42. The monoisotopic (exact) mass is 151 g/mol. The van der Waals surface area contributed by atoms with E-state index in [1.54, 1.807) is 11.9 Å². The van der Waals surface area contributed by atoms with Crippen LogP contribution in [-0.2, 0) is 0 Å². The van der Waals surface area contributed by atoms with Gasteiger partial charge in [0.15, 0.2) is 0 Å². The molecule has 4 heteroatoms. The van der Waals surface area contributed by atoms with E-state index in [1.807, 2.05) is 0 Å². The standard InChI is InChI=1S/C6H8F3N/c1-10-3-2-5(4-10)6(7,8)9/h2H,3-4H2,1H3. The van der Waals surface area contributed by atoms with Crippen LogP contribution in [0.1, 0.15) is 0 Å². The third kappa shape index (κ3) is 1.50. The molecule has 0 aromatic heterocycles. The highest BCUT2D eigenvalue weighted by molar-refractivity contribution is 5.16. The number of rotatable bonds is 0. The second kappa shape index (κ2) is 2.27. The molecule has 1 heterocycles. The van der Waals surface area contributed by atoms with Crippen molar-refractivity contribution in [3.63, 3.8) is 0 Å². The van der Waals surface area contributed by atoms with Gasteiger partial charge in [0.25, 0.3) is 0 Å². The minimum Gasteiger partial charge on any atom is -0.298 e. The summed E-state index contributed by atoms with van der Waals surface area (Å²) in [5.41, 5.74) is -0.421. The Labute approximate surface area is 57.1 Å². The molecule has 0 fully saturated rings. The van der Waals surface area contributed by atoms with Crippen molar-refractivity contribution in [3.8, 4) is 0 Å². The molecule has 0 atom stereocenters. The summed E-state index contributed by atoms with van der Waals surface area (Å²) in [5, 5.41) is 0. The molecule has 0 saturated heterocycles. The number of halogens is 3. The van der Waals surface area contributed by atoms with Crippen molar-refractivity contribution in [2.45, 2.75) is 6.18 Å². The Bertz CT molecular complexity index is 159. The molecule has 0 bridgehead atoms. The van der Waals surface area contributed by atoms with Crippen molar-refractivity contribution in [2.75, 3.05) is 20.1 Å². The van der Waals surface area contributed by atoms with Crippen molar-refractivity contribution in [3.05, 3.63) is 11.6 Å². The highest BCUT2D eigenvalue weighted by Gasteiger charge is 2.35. The lowest BCUT2D eigenvalue weighted by Gasteiger charge is -2.09.